The summed E-state index contributed by atoms with van der Waals surface area (Å²) in [5, 5.41) is 2.73. The van der Waals surface area contributed by atoms with Crippen molar-refractivity contribution < 1.29 is 23.9 Å². The van der Waals surface area contributed by atoms with E-state index in [9.17, 15) is 14.4 Å². The summed E-state index contributed by atoms with van der Waals surface area (Å²) in [4.78, 5) is 36.0. The summed E-state index contributed by atoms with van der Waals surface area (Å²) in [6.07, 6.45) is -0.0187. The zero-order chi connectivity index (χ0) is 19.6. The molecule has 6 nitrogen and oxygen atoms in total. The highest BCUT2D eigenvalue weighted by Gasteiger charge is 2.15. The van der Waals surface area contributed by atoms with Gasteiger partial charge in [0.05, 0.1) is 13.0 Å². The van der Waals surface area contributed by atoms with Crippen LogP contribution in [0.1, 0.15) is 41.0 Å². The molecule has 0 spiro atoms. The van der Waals surface area contributed by atoms with Gasteiger partial charge in [0.15, 0.2) is 12.4 Å². The van der Waals surface area contributed by atoms with Crippen molar-refractivity contribution in [3.8, 4) is 5.75 Å². The maximum absolute atomic E-state index is 12.1. The number of ketones is 1. The number of carbonyl (C=O) groups is 3. The molecule has 0 radical (unpaired) electrons. The van der Waals surface area contributed by atoms with Crippen LogP contribution in [-0.2, 0) is 9.53 Å². The molecule has 142 valence electrons. The lowest BCUT2D eigenvalue weighted by atomic mass is 10.1. The fourth-order valence-corrected chi connectivity index (χ4v) is 2.39. The predicted octanol–water partition coefficient (Wildman–Crippen LogP) is 3.02. The molecule has 0 aliphatic heterocycles. The molecule has 1 N–H and O–H groups in total. The first-order valence-corrected chi connectivity index (χ1v) is 8.77. The van der Waals surface area contributed by atoms with Gasteiger partial charge >= 0.3 is 5.97 Å². The average molecular weight is 369 g/mol. The molecule has 2 rings (SSSR count). The number of hydrogen-bond acceptors (Lipinski definition) is 5. The van der Waals surface area contributed by atoms with Gasteiger partial charge in [-0.25, -0.2) is 0 Å². The highest BCUT2D eigenvalue weighted by molar-refractivity contribution is 5.98. The average Bonchev–Trinajstić information content (AvgIpc) is 2.67. The van der Waals surface area contributed by atoms with Gasteiger partial charge in [0.1, 0.15) is 5.75 Å². The first-order valence-electron chi connectivity index (χ1n) is 8.77. The van der Waals surface area contributed by atoms with Crippen LogP contribution in [-0.4, -0.2) is 36.9 Å². The zero-order valence-electron chi connectivity index (χ0n) is 15.4. The highest BCUT2D eigenvalue weighted by atomic mass is 16.5. The summed E-state index contributed by atoms with van der Waals surface area (Å²) < 4.78 is 10.3. The van der Waals surface area contributed by atoms with E-state index >= 15 is 0 Å². The SMILES string of the molecule is CCOc1ccc(C(=O)COC(=O)CC(C)NC(=O)c2ccccc2)cc1. The molecule has 1 atom stereocenters. The van der Waals surface area contributed by atoms with Crippen molar-refractivity contribution in [3.05, 3.63) is 65.7 Å². The summed E-state index contributed by atoms with van der Waals surface area (Å²) in [7, 11) is 0. The summed E-state index contributed by atoms with van der Waals surface area (Å²) in [6, 6.07) is 15.0. The van der Waals surface area contributed by atoms with Crippen molar-refractivity contribution in [3.63, 3.8) is 0 Å². The van der Waals surface area contributed by atoms with E-state index in [0.717, 1.165) is 0 Å². The Balaban J connectivity index is 1.76. The molecule has 2 aromatic carbocycles. The van der Waals surface area contributed by atoms with Crippen molar-refractivity contribution in [1.82, 2.24) is 5.32 Å². The van der Waals surface area contributed by atoms with Crippen LogP contribution in [0.2, 0.25) is 0 Å². The van der Waals surface area contributed by atoms with Gasteiger partial charge in [-0.05, 0) is 50.2 Å². The van der Waals surface area contributed by atoms with E-state index in [1.54, 1.807) is 55.5 Å². The summed E-state index contributed by atoms with van der Waals surface area (Å²) in [5.41, 5.74) is 0.958. The van der Waals surface area contributed by atoms with E-state index in [1.807, 2.05) is 13.0 Å². The van der Waals surface area contributed by atoms with E-state index in [4.69, 9.17) is 9.47 Å². The van der Waals surface area contributed by atoms with Gasteiger partial charge in [0, 0.05) is 17.2 Å². The van der Waals surface area contributed by atoms with Gasteiger partial charge in [-0.1, -0.05) is 18.2 Å². The third kappa shape index (κ3) is 6.58. The number of rotatable bonds is 9. The maximum atomic E-state index is 12.1. The summed E-state index contributed by atoms with van der Waals surface area (Å²) >= 11 is 0. The highest BCUT2D eigenvalue weighted by Crippen LogP contribution is 2.12. The Bertz CT molecular complexity index is 771. The van der Waals surface area contributed by atoms with E-state index in [2.05, 4.69) is 5.32 Å². The molecule has 1 unspecified atom stereocenters. The largest absolute Gasteiger partial charge is 0.494 e. The third-order valence-electron chi connectivity index (χ3n) is 3.74. The van der Waals surface area contributed by atoms with Crippen molar-refractivity contribution in [2.45, 2.75) is 26.3 Å². The Hall–Kier alpha value is -3.15. The van der Waals surface area contributed by atoms with Gasteiger partial charge in [-0.15, -0.1) is 0 Å². The van der Waals surface area contributed by atoms with Crippen LogP contribution in [0.5, 0.6) is 5.75 Å². The lowest BCUT2D eigenvalue weighted by Crippen LogP contribution is -2.34. The summed E-state index contributed by atoms with van der Waals surface area (Å²) in [6.45, 7) is 3.79. The first-order chi connectivity index (χ1) is 13.0. The van der Waals surface area contributed by atoms with Crippen molar-refractivity contribution in [1.29, 1.82) is 0 Å². The zero-order valence-corrected chi connectivity index (χ0v) is 15.4. The third-order valence-corrected chi connectivity index (χ3v) is 3.74. The maximum Gasteiger partial charge on any atom is 0.308 e. The molecule has 0 aliphatic rings. The lowest BCUT2D eigenvalue weighted by molar-refractivity contribution is -0.142. The van der Waals surface area contributed by atoms with Crippen LogP contribution in [0.3, 0.4) is 0 Å². The predicted molar refractivity (Wildman–Crippen MR) is 101 cm³/mol. The monoisotopic (exact) mass is 369 g/mol. The van der Waals surface area contributed by atoms with Crippen molar-refractivity contribution in [2.75, 3.05) is 13.2 Å². The number of esters is 1. The van der Waals surface area contributed by atoms with Crippen LogP contribution >= 0.6 is 0 Å². The Morgan fingerprint density at radius 1 is 0.963 bits per heavy atom. The molecule has 0 saturated carbocycles. The standard InChI is InChI=1S/C21H23NO5/c1-3-26-18-11-9-16(10-12-18)19(23)14-27-20(24)13-15(2)22-21(25)17-7-5-4-6-8-17/h4-12,15H,3,13-14H2,1-2H3,(H,22,25). The number of carbonyl (C=O) groups excluding carboxylic acids is 3. The number of benzene rings is 2. The minimum absolute atomic E-state index is 0.0187. The number of amides is 1. The second-order valence-corrected chi connectivity index (χ2v) is 5.99. The molecular weight excluding hydrogens is 346 g/mol. The number of ether oxygens (including phenoxy) is 2. The second-order valence-electron chi connectivity index (χ2n) is 5.99. The molecule has 6 heteroatoms. The van der Waals surface area contributed by atoms with E-state index in [0.29, 0.717) is 23.5 Å². The van der Waals surface area contributed by atoms with Crippen LogP contribution < -0.4 is 10.1 Å². The lowest BCUT2D eigenvalue weighted by Gasteiger charge is -2.13. The number of nitrogens with one attached hydrogen (secondary N) is 1. The smallest absolute Gasteiger partial charge is 0.308 e. The first kappa shape index (κ1) is 20.2. The topological polar surface area (TPSA) is 81.7 Å². The minimum Gasteiger partial charge on any atom is -0.494 e. The van der Waals surface area contributed by atoms with Crippen LogP contribution in [0.25, 0.3) is 0 Å². The molecule has 0 heterocycles. The van der Waals surface area contributed by atoms with Crippen LogP contribution in [0.15, 0.2) is 54.6 Å². The van der Waals surface area contributed by atoms with Crippen LogP contribution in [0, 0.1) is 0 Å². The fourth-order valence-electron chi connectivity index (χ4n) is 2.39. The molecule has 0 bridgehead atoms. The quantitative estimate of drug-likeness (QED) is 0.543. The Kier molecular flexibility index (Phi) is 7.55. The Labute approximate surface area is 158 Å². The molecular formula is C21H23NO5. The fraction of sp³-hybridized carbons (Fsp3) is 0.286. The molecule has 1 amide bonds. The van der Waals surface area contributed by atoms with Gasteiger partial charge in [-0.3, -0.25) is 14.4 Å². The molecule has 2 aromatic rings. The molecule has 0 aliphatic carbocycles. The van der Waals surface area contributed by atoms with Crippen molar-refractivity contribution >= 4 is 17.7 Å². The van der Waals surface area contributed by atoms with Crippen LogP contribution in [0.4, 0.5) is 0 Å². The minimum atomic E-state index is -0.546. The molecule has 0 saturated heterocycles. The van der Waals surface area contributed by atoms with Gasteiger partial charge < -0.3 is 14.8 Å². The van der Waals surface area contributed by atoms with Crippen molar-refractivity contribution in [2.24, 2.45) is 0 Å². The van der Waals surface area contributed by atoms with Gasteiger partial charge in [0.25, 0.3) is 5.91 Å². The van der Waals surface area contributed by atoms with Gasteiger partial charge in [-0.2, -0.15) is 0 Å². The Morgan fingerprint density at radius 2 is 1.63 bits per heavy atom. The normalized spacial score (nSPS) is 11.3. The molecule has 0 aromatic heterocycles. The van der Waals surface area contributed by atoms with E-state index in [1.165, 1.54) is 0 Å². The van der Waals surface area contributed by atoms with Gasteiger partial charge in [0.2, 0.25) is 0 Å². The van der Waals surface area contributed by atoms with E-state index in [-0.39, 0.29) is 24.7 Å². The summed E-state index contributed by atoms with van der Waals surface area (Å²) in [5.74, 6) is -0.432. The number of Topliss-reactive ketones (excluding diaryl/α,β-unsaturated/α-hetero) is 1. The Morgan fingerprint density at radius 3 is 2.26 bits per heavy atom. The second kappa shape index (κ2) is 10.1. The number of hydrogen-bond donors (Lipinski definition) is 1. The van der Waals surface area contributed by atoms with E-state index < -0.39 is 12.0 Å². The molecule has 27 heavy (non-hydrogen) atoms. The molecule has 0 fully saturated rings.